The molecule has 0 bridgehead atoms. The number of hydrogen-bond acceptors (Lipinski definition) is 4. The Morgan fingerprint density at radius 3 is 2.43 bits per heavy atom. The number of amidine groups is 1. The van der Waals surface area contributed by atoms with Gasteiger partial charge in [0.25, 0.3) is 10.0 Å². The van der Waals surface area contributed by atoms with Crippen LogP contribution < -0.4 is 10.5 Å². The molecule has 8 heteroatoms. The summed E-state index contributed by atoms with van der Waals surface area (Å²) in [5.74, 6) is -0.0619. The lowest BCUT2D eigenvalue weighted by atomic mass is 10.2. The van der Waals surface area contributed by atoms with E-state index in [0.29, 0.717) is 15.7 Å². The Morgan fingerprint density at radius 2 is 1.86 bits per heavy atom. The smallest absolute Gasteiger partial charge is 0.261 e. The highest BCUT2D eigenvalue weighted by molar-refractivity contribution is 9.10. The van der Waals surface area contributed by atoms with Crippen LogP contribution in [0.3, 0.4) is 0 Å². The van der Waals surface area contributed by atoms with Crippen LogP contribution in [0.15, 0.2) is 63.1 Å². The van der Waals surface area contributed by atoms with E-state index >= 15 is 0 Å². The fourth-order valence-corrected chi connectivity index (χ4v) is 3.33. The second-order valence-electron chi connectivity index (χ2n) is 4.10. The molecule has 0 fully saturated rings. The molecule has 0 amide bonds. The molecule has 0 heterocycles. The quantitative estimate of drug-likeness (QED) is 0.333. The third-order valence-corrected chi connectivity index (χ3v) is 4.71. The molecule has 2 aromatic carbocycles. The summed E-state index contributed by atoms with van der Waals surface area (Å²) in [5, 5.41) is 11.5. The van der Waals surface area contributed by atoms with Crippen molar-refractivity contribution in [2.45, 2.75) is 4.90 Å². The molecule has 0 radical (unpaired) electrons. The number of anilines is 1. The summed E-state index contributed by atoms with van der Waals surface area (Å²) < 4.78 is 27.4. The minimum absolute atomic E-state index is 0.0619. The molecule has 0 saturated heterocycles. The summed E-state index contributed by atoms with van der Waals surface area (Å²) in [6.45, 7) is 0. The lowest BCUT2D eigenvalue weighted by Gasteiger charge is -2.10. The topological polar surface area (TPSA) is 105 Å². The van der Waals surface area contributed by atoms with Gasteiger partial charge in [-0.3, -0.25) is 4.72 Å². The second-order valence-corrected chi connectivity index (χ2v) is 6.64. The first-order chi connectivity index (χ1) is 9.94. The van der Waals surface area contributed by atoms with Crippen LogP contribution in [0.25, 0.3) is 0 Å². The Morgan fingerprint density at radius 1 is 1.19 bits per heavy atom. The molecule has 110 valence electrons. The number of nitrogens with one attached hydrogen (secondary N) is 1. The number of benzene rings is 2. The Labute approximate surface area is 130 Å². The van der Waals surface area contributed by atoms with E-state index in [1.165, 1.54) is 18.2 Å². The largest absolute Gasteiger partial charge is 0.409 e. The summed E-state index contributed by atoms with van der Waals surface area (Å²) in [6, 6.07) is 12.7. The van der Waals surface area contributed by atoms with Gasteiger partial charge in [0, 0.05) is 10.0 Å². The summed E-state index contributed by atoms with van der Waals surface area (Å²) in [6.07, 6.45) is 0. The SMILES string of the molecule is N/C(=N/O)c1ccc(NS(=O)(=O)c2ccccc2)c(Br)c1. The highest BCUT2D eigenvalue weighted by Crippen LogP contribution is 2.26. The third kappa shape index (κ3) is 3.53. The van der Waals surface area contributed by atoms with Crippen molar-refractivity contribution in [3.05, 3.63) is 58.6 Å². The lowest BCUT2D eigenvalue weighted by Crippen LogP contribution is -2.15. The van der Waals surface area contributed by atoms with Crippen LogP contribution in [0.1, 0.15) is 5.56 Å². The van der Waals surface area contributed by atoms with E-state index in [9.17, 15) is 8.42 Å². The number of hydrogen-bond donors (Lipinski definition) is 3. The van der Waals surface area contributed by atoms with Crippen molar-refractivity contribution in [3.8, 4) is 0 Å². The fraction of sp³-hybridized carbons (Fsp3) is 0. The van der Waals surface area contributed by atoms with Crippen LogP contribution in [-0.2, 0) is 10.0 Å². The molecule has 6 nitrogen and oxygen atoms in total. The van der Waals surface area contributed by atoms with Crippen LogP contribution in [0, 0.1) is 0 Å². The molecule has 0 saturated carbocycles. The van der Waals surface area contributed by atoms with Crippen LogP contribution in [0.5, 0.6) is 0 Å². The van der Waals surface area contributed by atoms with Crippen molar-refractivity contribution in [1.82, 2.24) is 0 Å². The molecule has 0 spiro atoms. The highest BCUT2D eigenvalue weighted by Gasteiger charge is 2.15. The van der Waals surface area contributed by atoms with Crippen LogP contribution >= 0.6 is 15.9 Å². The van der Waals surface area contributed by atoms with E-state index in [4.69, 9.17) is 10.9 Å². The summed E-state index contributed by atoms with van der Waals surface area (Å²) in [7, 11) is -3.67. The average Bonchev–Trinajstić information content (AvgIpc) is 2.49. The average molecular weight is 370 g/mol. The van der Waals surface area contributed by atoms with Gasteiger partial charge in [-0.25, -0.2) is 8.42 Å². The zero-order valence-electron chi connectivity index (χ0n) is 10.7. The molecule has 2 aromatic rings. The zero-order chi connectivity index (χ0) is 15.5. The Balaban J connectivity index is 2.33. The van der Waals surface area contributed by atoms with E-state index in [1.54, 1.807) is 30.3 Å². The van der Waals surface area contributed by atoms with Gasteiger partial charge in [0.2, 0.25) is 0 Å². The van der Waals surface area contributed by atoms with Gasteiger partial charge >= 0.3 is 0 Å². The Kier molecular flexibility index (Phi) is 4.49. The maximum absolute atomic E-state index is 12.2. The first-order valence-electron chi connectivity index (χ1n) is 5.79. The van der Waals surface area contributed by atoms with Crippen molar-refractivity contribution >= 4 is 37.5 Å². The molecule has 4 N–H and O–H groups in total. The predicted octanol–water partition coefficient (Wildman–Crippen LogP) is 2.34. The van der Waals surface area contributed by atoms with Gasteiger partial charge < -0.3 is 10.9 Å². The van der Waals surface area contributed by atoms with Gasteiger partial charge in [-0.15, -0.1) is 0 Å². The van der Waals surface area contributed by atoms with Crippen molar-refractivity contribution in [2.75, 3.05) is 4.72 Å². The van der Waals surface area contributed by atoms with Crippen molar-refractivity contribution in [3.63, 3.8) is 0 Å². The number of rotatable bonds is 4. The van der Waals surface area contributed by atoms with Gasteiger partial charge in [-0.2, -0.15) is 0 Å². The molecule has 0 atom stereocenters. The molecule has 0 aliphatic rings. The molecule has 21 heavy (non-hydrogen) atoms. The maximum Gasteiger partial charge on any atom is 0.261 e. The minimum Gasteiger partial charge on any atom is -0.409 e. The van der Waals surface area contributed by atoms with E-state index < -0.39 is 10.0 Å². The van der Waals surface area contributed by atoms with E-state index in [1.807, 2.05) is 0 Å². The zero-order valence-corrected chi connectivity index (χ0v) is 13.1. The number of halogens is 1. The lowest BCUT2D eigenvalue weighted by molar-refractivity contribution is 0.318. The van der Waals surface area contributed by atoms with Crippen LogP contribution in [0.4, 0.5) is 5.69 Å². The second kappa shape index (κ2) is 6.15. The Bertz CT molecular complexity index is 777. The first kappa shape index (κ1) is 15.3. The van der Waals surface area contributed by atoms with Crippen molar-refractivity contribution in [2.24, 2.45) is 10.9 Å². The molecule has 0 aliphatic heterocycles. The molecule has 0 unspecified atom stereocenters. The molecule has 0 aromatic heterocycles. The van der Waals surface area contributed by atoms with Crippen molar-refractivity contribution < 1.29 is 13.6 Å². The van der Waals surface area contributed by atoms with Gasteiger partial charge in [-0.1, -0.05) is 23.4 Å². The van der Waals surface area contributed by atoms with E-state index in [2.05, 4.69) is 25.8 Å². The van der Waals surface area contributed by atoms with Gasteiger partial charge in [0.15, 0.2) is 5.84 Å². The van der Waals surface area contributed by atoms with Gasteiger partial charge in [0.1, 0.15) is 0 Å². The van der Waals surface area contributed by atoms with Crippen LogP contribution in [-0.4, -0.2) is 19.5 Å². The number of oxime groups is 1. The number of nitrogens with two attached hydrogens (primary N) is 1. The Hall–Kier alpha value is -2.06. The van der Waals surface area contributed by atoms with Crippen LogP contribution in [0.2, 0.25) is 0 Å². The predicted molar refractivity (Wildman–Crippen MR) is 83.9 cm³/mol. The van der Waals surface area contributed by atoms with E-state index in [-0.39, 0.29) is 10.7 Å². The monoisotopic (exact) mass is 369 g/mol. The fourth-order valence-electron chi connectivity index (χ4n) is 1.62. The number of nitrogens with zero attached hydrogens (tertiary/aromatic N) is 1. The maximum atomic E-state index is 12.2. The molecule has 2 rings (SSSR count). The first-order valence-corrected chi connectivity index (χ1v) is 8.07. The van der Waals surface area contributed by atoms with Crippen molar-refractivity contribution in [1.29, 1.82) is 0 Å². The standard InChI is InChI=1S/C13H12BrN3O3S/c14-11-8-9(13(15)16-18)6-7-12(11)17-21(19,20)10-4-2-1-3-5-10/h1-8,17-18H,(H2,15,16). The van der Waals surface area contributed by atoms with E-state index in [0.717, 1.165) is 0 Å². The molecule has 0 aliphatic carbocycles. The normalized spacial score (nSPS) is 12.1. The molecular formula is C13H12BrN3O3S. The highest BCUT2D eigenvalue weighted by atomic mass is 79.9. The summed E-state index contributed by atoms with van der Waals surface area (Å²) >= 11 is 3.25. The van der Waals surface area contributed by atoms with Gasteiger partial charge in [0.05, 0.1) is 10.6 Å². The minimum atomic E-state index is -3.67. The summed E-state index contributed by atoms with van der Waals surface area (Å²) in [5.41, 5.74) is 6.29. The third-order valence-electron chi connectivity index (χ3n) is 2.67. The summed E-state index contributed by atoms with van der Waals surface area (Å²) in [4.78, 5) is 0.164. The number of sulfonamides is 1. The van der Waals surface area contributed by atoms with Gasteiger partial charge in [-0.05, 0) is 46.3 Å². The molecular weight excluding hydrogens is 358 g/mol.